The van der Waals surface area contributed by atoms with Gasteiger partial charge >= 0.3 is 0 Å². The number of halogens is 1. The minimum Gasteiger partial charge on any atom is -0.445 e. The number of rotatable bonds is 2. The summed E-state index contributed by atoms with van der Waals surface area (Å²) in [6.45, 7) is 1.60. The molecular weight excluding hydrogens is 280 g/mol. The largest absolute Gasteiger partial charge is 0.445 e. The summed E-state index contributed by atoms with van der Waals surface area (Å²) in [5.74, 6) is 0.0496. The molecule has 0 fully saturated rings. The van der Waals surface area contributed by atoms with Gasteiger partial charge in [0.25, 0.3) is 0 Å². The number of sulfone groups is 1. The van der Waals surface area contributed by atoms with Crippen LogP contribution in [0.2, 0.25) is 0 Å². The van der Waals surface area contributed by atoms with Gasteiger partial charge in [0.05, 0.1) is 5.75 Å². The number of fused-ring (bicyclic) bond motifs is 1. The van der Waals surface area contributed by atoms with Gasteiger partial charge in [-0.15, -0.1) is 0 Å². The molecule has 0 radical (unpaired) electrons. The molecule has 0 saturated carbocycles. The predicted octanol–water partition coefficient (Wildman–Crippen LogP) is 2.99. The summed E-state index contributed by atoms with van der Waals surface area (Å²) < 4.78 is 29.3. The minimum absolute atomic E-state index is 0.0399. The molecule has 3 nitrogen and oxygen atoms in total. The Kier molecular flexibility index (Phi) is 2.60. The predicted molar refractivity (Wildman–Crippen MR) is 61.6 cm³/mol. The van der Waals surface area contributed by atoms with E-state index < -0.39 is 9.84 Å². The molecule has 0 aliphatic carbocycles. The molecule has 0 atom stereocenters. The molecule has 0 aliphatic heterocycles. The molecule has 2 rings (SSSR count). The van der Waals surface area contributed by atoms with Crippen molar-refractivity contribution in [1.29, 1.82) is 0 Å². The van der Waals surface area contributed by atoms with Crippen LogP contribution in [0.4, 0.5) is 0 Å². The lowest BCUT2D eigenvalue weighted by molar-refractivity contribution is 0.482. The Morgan fingerprint density at radius 2 is 2.07 bits per heavy atom. The van der Waals surface area contributed by atoms with Gasteiger partial charge in [0.15, 0.2) is 0 Å². The van der Waals surface area contributed by atoms with Crippen molar-refractivity contribution in [2.75, 3.05) is 5.75 Å². The molecule has 5 heteroatoms. The zero-order valence-corrected chi connectivity index (χ0v) is 10.4. The monoisotopic (exact) mass is 288 g/mol. The van der Waals surface area contributed by atoms with Crippen molar-refractivity contribution in [3.8, 4) is 0 Å². The van der Waals surface area contributed by atoms with Crippen LogP contribution in [0, 0.1) is 0 Å². The summed E-state index contributed by atoms with van der Waals surface area (Å²) in [4.78, 5) is 0. The molecule has 0 unspecified atom stereocenters. The van der Waals surface area contributed by atoms with E-state index in [2.05, 4.69) is 15.9 Å². The second-order valence-corrected chi connectivity index (χ2v) is 6.28. The smallest absolute Gasteiger partial charge is 0.219 e. The first-order valence-corrected chi connectivity index (χ1v) is 6.89. The van der Waals surface area contributed by atoms with Gasteiger partial charge in [0, 0.05) is 15.9 Å². The van der Waals surface area contributed by atoms with Crippen molar-refractivity contribution >= 4 is 36.7 Å². The highest BCUT2D eigenvalue weighted by Gasteiger charge is 2.17. The quantitative estimate of drug-likeness (QED) is 0.853. The first-order valence-electron chi connectivity index (χ1n) is 4.45. The number of hydrogen-bond acceptors (Lipinski definition) is 3. The Morgan fingerprint density at radius 3 is 2.73 bits per heavy atom. The fraction of sp³-hybridized carbons (Fsp3) is 0.200. The van der Waals surface area contributed by atoms with Crippen LogP contribution in [-0.4, -0.2) is 14.2 Å². The molecule has 80 valence electrons. The van der Waals surface area contributed by atoms with Gasteiger partial charge in [-0.2, -0.15) is 0 Å². The Balaban J connectivity index is 2.67. The van der Waals surface area contributed by atoms with Crippen LogP contribution in [0.3, 0.4) is 0 Å². The normalized spacial score (nSPS) is 12.1. The topological polar surface area (TPSA) is 47.3 Å². The van der Waals surface area contributed by atoms with Crippen molar-refractivity contribution in [2.45, 2.75) is 12.0 Å². The van der Waals surface area contributed by atoms with Gasteiger partial charge in [-0.1, -0.05) is 22.9 Å². The van der Waals surface area contributed by atoms with E-state index in [1.807, 2.05) is 12.1 Å². The zero-order valence-electron chi connectivity index (χ0n) is 8.03. The number of benzene rings is 1. The fourth-order valence-electron chi connectivity index (χ4n) is 1.29. The Morgan fingerprint density at radius 1 is 1.33 bits per heavy atom. The van der Waals surface area contributed by atoms with E-state index in [0.717, 1.165) is 9.86 Å². The van der Waals surface area contributed by atoms with Crippen LogP contribution in [0.25, 0.3) is 11.0 Å². The standard InChI is InChI=1S/C10H9BrO3S/c1-2-15(12,13)10-6-7-5-8(11)3-4-9(7)14-10/h3-6H,2H2,1H3. The van der Waals surface area contributed by atoms with Crippen molar-refractivity contribution in [1.82, 2.24) is 0 Å². The van der Waals surface area contributed by atoms with E-state index in [4.69, 9.17) is 4.42 Å². The molecule has 0 aliphatic rings. The van der Waals surface area contributed by atoms with E-state index in [-0.39, 0.29) is 10.8 Å². The molecule has 1 aromatic carbocycles. The molecular formula is C10H9BrO3S. The van der Waals surface area contributed by atoms with E-state index >= 15 is 0 Å². The molecule has 0 saturated heterocycles. The average Bonchev–Trinajstić information content (AvgIpc) is 2.61. The first kappa shape index (κ1) is 10.7. The highest BCUT2D eigenvalue weighted by atomic mass is 79.9. The first-order chi connectivity index (χ1) is 7.03. The number of hydrogen-bond donors (Lipinski definition) is 0. The van der Waals surface area contributed by atoms with E-state index in [1.165, 1.54) is 0 Å². The molecule has 0 amide bonds. The van der Waals surface area contributed by atoms with Gasteiger partial charge < -0.3 is 4.42 Å². The Bertz CT molecular complexity index is 598. The van der Waals surface area contributed by atoms with Crippen molar-refractivity contribution in [2.24, 2.45) is 0 Å². The molecule has 15 heavy (non-hydrogen) atoms. The lowest BCUT2D eigenvalue weighted by Crippen LogP contribution is -2.01. The summed E-state index contributed by atoms with van der Waals surface area (Å²) in [6, 6.07) is 6.94. The maximum absolute atomic E-state index is 11.6. The van der Waals surface area contributed by atoms with E-state index in [0.29, 0.717) is 5.58 Å². The van der Waals surface area contributed by atoms with Crippen LogP contribution in [0.15, 0.2) is 38.2 Å². The maximum Gasteiger partial charge on any atom is 0.219 e. The van der Waals surface area contributed by atoms with E-state index in [1.54, 1.807) is 19.1 Å². The van der Waals surface area contributed by atoms with Crippen LogP contribution < -0.4 is 0 Å². The van der Waals surface area contributed by atoms with Crippen LogP contribution in [0.1, 0.15) is 6.92 Å². The highest BCUT2D eigenvalue weighted by Crippen LogP contribution is 2.26. The van der Waals surface area contributed by atoms with Crippen molar-refractivity contribution in [3.63, 3.8) is 0 Å². The van der Waals surface area contributed by atoms with Gasteiger partial charge in [-0.25, -0.2) is 8.42 Å². The lowest BCUT2D eigenvalue weighted by atomic mass is 10.3. The second kappa shape index (κ2) is 3.64. The molecule has 2 aromatic rings. The van der Waals surface area contributed by atoms with Crippen molar-refractivity contribution in [3.05, 3.63) is 28.7 Å². The molecule has 0 spiro atoms. The summed E-state index contributed by atoms with van der Waals surface area (Å²) in [7, 11) is -3.25. The third-order valence-corrected chi connectivity index (χ3v) is 4.21. The summed E-state index contributed by atoms with van der Waals surface area (Å²) >= 11 is 3.32. The minimum atomic E-state index is -3.25. The third kappa shape index (κ3) is 1.94. The highest BCUT2D eigenvalue weighted by molar-refractivity contribution is 9.10. The van der Waals surface area contributed by atoms with E-state index in [9.17, 15) is 8.42 Å². The zero-order chi connectivity index (χ0) is 11.1. The fourth-order valence-corrected chi connectivity index (χ4v) is 2.47. The Hall–Kier alpha value is -0.810. The lowest BCUT2D eigenvalue weighted by Gasteiger charge is -1.92. The average molecular weight is 289 g/mol. The molecule has 0 N–H and O–H groups in total. The van der Waals surface area contributed by atoms with Gasteiger partial charge in [-0.05, 0) is 18.2 Å². The van der Waals surface area contributed by atoms with Crippen LogP contribution in [-0.2, 0) is 9.84 Å². The summed E-state index contributed by atoms with van der Waals surface area (Å²) in [6.07, 6.45) is 0. The number of furan rings is 1. The van der Waals surface area contributed by atoms with Crippen LogP contribution in [0.5, 0.6) is 0 Å². The van der Waals surface area contributed by atoms with Crippen LogP contribution >= 0.6 is 15.9 Å². The Labute approximate surface area is 96.1 Å². The molecule has 1 aromatic heterocycles. The van der Waals surface area contributed by atoms with Crippen molar-refractivity contribution < 1.29 is 12.8 Å². The van der Waals surface area contributed by atoms with Gasteiger partial charge in [0.2, 0.25) is 14.9 Å². The third-order valence-electron chi connectivity index (χ3n) is 2.14. The van der Waals surface area contributed by atoms with Gasteiger partial charge in [-0.3, -0.25) is 0 Å². The SMILES string of the molecule is CCS(=O)(=O)c1cc2cc(Br)ccc2o1. The van der Waals surface area contributed by atoms with Gasteiger partial charge in [0.1, 0.15) is 5.58 Å². The second-order valence-electron chi connectivity index (χ2n) is 3.15. The molecule has 1 heterocycles. The molecule has 0 bridgehead atoms. The maximum atomic E-state index is 11.6. The summed E-state index contributed by atoms with van der Waals surface area (Å²) in [5.41, 5.74) is 0.588. The summed E-state index contributed by atoms with van der Waals surface area (Å²) in [5, 5.41) is 0.828.